The smallest absolute Gasteiger partial charge is 0.256 e. The number of aromatic nitrogens is 3. The number of nitrogens with one attached hydrogen (secondary N) is 1. The number of carbonyl (C=O) groups is 1. The van der Waals surface area contributed by atoms with Crippen molar-refractivity contribution in [3.05, 3.63) is 54.1 Å². The van der Waals surface area contributed by atoms with Crippen LogP contribution in [0.4, 0.5) is 5.82 Å². The van der Waals surface area contributed by atoms with Crippen LogP contribution < -0.4 is 5.32 Å². The second-order valence-electron chi connectivity index (χ2n) is 7.58. The monoisotopic (exact) mass is 362 g/mol. The van der Waals surface area contributed by atoms with Gasteiger partial charge in [0.15, 0.2) is 0 Å². The van der Waals surface area contributed by atoms with Crippen molar-refractivity contribution in [2.45, 2.75) is 52.0 Å². The number of rotatable bonds is 5. The lowest BCUT2D eigenvalue weighted by Crippen LogP contribution is -2.13. The lowest BCUT2D eigenvalue weighted by Gasteiger charge is -2.21. The normalized spacial score (nSPS) is 15.1. The first-order valence-corrected chi connectivity index (χ1v) is 9.87. The molecule has 1 N–H and O–H groups in total. The van der Waals surface area contributed by atoms with Crippen molar-refractivity contribution < 1.29 is 4.79 Å². The van der Waals surface area contributed by atoms with Gasteiger partial charge in [-0.2, -0.15) is 0 Å². The summed E-state index contributed by atoms with van der Waals surface area (Å²) >= 11 is 0. The van der Waals surface area contributed by atoms with Gasteiger partial charge in [-0.1, -0.05) is 38.2 Å². The molecule has 2 heterocycles. The molecule has 1 saturated carbocycles. The number of benzene rings is 1. The van der Waals surface area contributed by atoms with E-state index in [0.717, 1.165) is 18.0 Å². The van der Waals surface area contributed by atoms with Crippen LogP contribution in [0.5, 0.6) is 0 Å². The molecule has 0 atom stereocenters. The van der Waals surface area contributed by atoms with Crippen LogP contribution in [0.25, 0.3) is 10.9 Å². The number of fused-ring (bicyclic) bond motifs is 1. The molecule has 27 heavy (non-hydrogen) atoms. The zero-order chi connectivity index (χ0) is 18.6. The third kappa shape index (κ3) is 4.02. The highest BCUT2D eigenvalue weighted by Gasteiger charge is 2.15. The maximum Gasteiger partial charge on any atom is 0.256 e. The number of anilines is 1. The Morgan fingerprint density at radius 3 is 2.85 bits per heavy atom. The van der Waals surface area contributed by atoms with Crippen molar-refractivity contribution in [2.24, 2.45) is 5.92 Å². The van der Waals surface area contributed by atoms with E-state index in [2.05, 4.69) is 39.0 Å². The van der Waals surface area contributed by atoms with Crippen molar-refractivity contribution in [1.82, 2.24) is 14.5 Å². The largest absolute Gasteiger partial charge is 0.347 e. The summed E-state index contributed by atoms with van der Waals surface area (Å²) in [6.07, 6.45) is 13.4. The fraction of sp³-hybridized carbons (Fsp3) is 0.409. The highest BCUT2D eigenvalue weighted by molar-refractivity contribution is 6.06. The maximum absolute atomic E-state index is 12.6. The van der Waals surface area contributed by atoms with Gasteiger partial charge in [-0.3, -0.25) is 4.79 Å². The van der Waals surface area contributed by atoms with Gasteiger partial charge in [0.25, 0.3) is 5.91 Å². The minimum atomic E-state index is -0.145. The van der Waals surface area contributed by atoms with Gasteiger partial charge in [0.1, 0.15) is 12.1 Å². The van der Waals surface area contributed by atoms with Crippen LogP contribution in [0.1, 0.15) is 54.4 Å². The van der Waals surface area contributed by atoms with Gasteiger partial charge in [0.2, 0.25) is 0 Å². The van der Waals surface area contributed by atoms with Crippen LogP contribution in [0.15, 0.2) is 43.0 Å². The van der Waals surface area contributed by atoms with Crippen LogP contribution in [-0.4, -0.2) is 20.4 Å². The Balaban J connectivity index is 1.54. The summed E-state index contributed by atoms with van der Waals surface area (Å²) in [6.45, 7) is 3.16. The Hall–Kier alpha value is -2.69. The van der Waals surface area contributed by atoms with Crippen molar-refractivity contribution in [3.8, 4) is 0 Å². The number of carbonyl (C=O) groups excluding carboxylic acids is 1. The van der Waals surface area contributed by atoms with Crippen LogP contribution >= 0.6 is 0 Å². The first kappa shape index (κ1) is 17.7. The van der Waals surface area contributed by atoms with Crippen molar-refractivity contribution in [1.29, 1.82) is 0 Å². The predicted molar refractivity (Wildman–Crippen MR) is 108 cm³/mol. The maximum atomic E-state index is 12.6. The number of hydrogen-bond acceptors (Lipinski definition) is 3. The molecule has 5 nitrogen and oxygen atoms in total. The van der Waals surface area contributed by atoms with Gasteiger partial charge in [-0.05, 0) is 43.0 Å². The lowest BCUT2D eigenvalue weighted by atomic mass is 9.87. The summed E-state index contributed by atoms with van der Waals surface area (Å²) in [5.74, 6) is 1.22. The molecule has 4 rings (SSSR count). The second-order valence-corrected chi connectivity index (χ2v) is 7.58. The van der Waals surface area contributed by atoms with Crippen LogP contribution in [0.3, 0.4) is 0 Å². The molecule has 2 aromatic heterocycles. The Morgan fingerprint density at radius 2 is 2.07 bits per heavy atom. The van der Waals surface area contributed by atoms with E-state index in [4.69, 9.17) is 0 Å². The summed E-state index contributed by atoms with van der Waals surface area (Å²) in [5, 5.41) is 4.05. The second kappa shape index (κ2) is 7.91. The number of nitrogens with zero attached hydrogens (tertiary/aromatic N) is 3. The minimum Gasteiger partial charge on any atom is -0.347 e. The van der Waals surface area contributed by atoms with E-state index in [0.29, 0.717) is 11.4 Å². The van der Waals surface area contributed by atoms with Crippen molar-refractivity contribution in [3.63, 3.8) is 0 Å². The third-order valence-electron chi connectivity index (χ3n) is 5.67. The molecule has 0 spiro atoms. The molecule has 1 fully saturated rings. The summed E-state index contributed by atoms with van der Waals surface area (Å²) in [5.41, 5.74) is 3.05. The Labute approximate surface area is 159 Å². The van der Waals surface area contributed by atoms with E-state index in [1.165, 1.54) is 55.8 Å². The fourth-order valence-electron chi connectivity index (χ4n) is 4.15. The van der Waals surface area contributed by atoms with Crippen LogP contribution in [-0.2, 0) is 6.54 Å². The van der Waals surface area contributed by atoms with Crippen LogP contribution in [0.2, 0.25) is 0 Å². The van der Waals surface area contributed by atoms with E-state index >= 15 is 0 Å². The topological polar surface area (TPSA) is 59.8 Å². The van der Waals surface area contributed by atoms with Gasteiger partial charge in [-0.15, -0.1) is 0 Å². The van der Waals surface area contributed by atoms with Gasteiger partial charge in [-0.25, -0.2) is 9.97 Å². The standard InChI is InChI=1S/C22H26N4O/c1-16-14-26(12-10-17-5-3-2-4-6-17)20-13-18(7-8-19(16)20)22(27)25-21-9-11-23-15-24-21/h7-9,11,13-15,17H,2-6,10,12H2,1H3,(H,23,24,25,27). The zero-order valence-electron chi connectivity index (χ0n) is 15.8. The molecule has 1 amide bonds. The van der Waals surface area contributed by atoms with E-state index in [9.17, 15) is 4.79 Å². The van der Waals surface area contributed by atoms with Crippen molar-refractivity contribution in [2.75, 3.05) is 5.32 Å². The van der Waals surface area contributed by atoms with E-state index in [1.807, 2.05) is 12.1 Å². The Bertz CT molecular complexity index is 926. The highest BCUT2D eigenvalue weighted by Crippen LogP contribution is 2.28. The summed E-state index contributed by atoms with van der Waals surface area (Å²) < 4.78 is 2.32. The first-order valence-electron chi connectivity index (χ1n) is 9.87. The van der Waals surface area contributed by atoms with Crippen LogP contribution in [0, 0.1) is 12.8 Å². The molecular weight excluding hydrogens is 336 g/mol. The first-order chi connectivity index (χ1) is 13.2. The molecule has 0 bridgehead atoms. The predicted octanol–water partition coefficient (Wildman–Crippen LogP) is 4.96. The molecule has 0 radical (unpaired) electrons. The molecule has 3 aromatic rings. The minimum absolute atomic E-state index is 0.145. The van der Waals surface area contributed by atoms with Gasteiger partial charge in [0, 0.05) is 35.4 Å². The molecular formula is C22H26N4O. The third-order valence-corrected chi connectivity index (χ3v) is 5.67. The average Bonchev–Trinajstić information content (AvgIpc) is 3.03. The molecule has 0 aliphatic heterocycles. The number of hydrogen-bond donors (Lipinski definition) is 1. The van der Waals surface area contributed by atoms with Gasteiger partial charge in [0.05, 0.1) is 0 Å². The lowest BCUT2D eigenvalue weighted by molar-refractivity contribution is 0.102. The van der Waals surface area contributed by atoms with Gasteiger partial charge >= 0.3 is 0 Å². The average molecular weight is 362 g/mol. The highest BCUT2D eigenvalue weighted by atomic mass is 16.1. The fourth-order valence-corrected chi connectivity index (χ4v) is 4.15. The molecule has 1 aromatic carbocycles. The Kier molecular flexibility index (Phi) is 5.19. The summed E-state index contributed by atoms with van der Waals surface area (Å²) in [7, 11) is 0. The van der Waals surface area contributed by atoms with E-state index in [1.54, 1.807) is 12.3 Å². The van der Waals surface area contributed by atoms with E-state index < -0.39 is 0 Å². The molecule has 0 unspecified atom stereocenters. The summed E-state index contributed by atoms with van der Waals surface area (Å²) in [4.78, 5) is 20.5. The number of amides is 1. The SMILES string of the molecule is Cc1cn(CCC2CCCCC2)c2cc(C(=O)Nc3ccncn3)ccc12. The Morgan fingerprint density at radius 1 is 1.22 bits per heavy atom. The molecule has 0 saturated heterocycles. The van der Waals surface area contributed by atoms with Gasteiger partial charge < -0.3 is 9.88 Å². The molecule has 1 aliphatic rings. The van der Waals surface area contributed by atoms with Crippen molar-refractivity contribution >= 4 is 22.6 Å². The number of aryl methyl sites for hydroxylation is 2. The van der Waals surface area contributed by atoms with E-state index in [-0.39, 0.29) is 5.91 Å². The summed E-state index contributed by atoms with van der Waals surface area (Å²) in [6, 6.07) is 7.63. The quantitative estimate of drug-likeness (QED) is 0.698. The molecule has 5 heteroatoms. The molecule has 140 valence electrons. The molecule has 1 aliphatic carbocycles. The zero-order valence-corrected chi connectivity index (χ0v) is 15.8.